The van der Waals surface area contributed by atoms with Crippen molar-refractivity contribution < 1.29 is 14.2 Å². The minimum atomic E-state index is -0.127. The Labute approximate surface area is 580 Å². The van der Waals surface area contributed by atoms with Crippen LogP contribution in [0.5, 0.6) is 17.2 Å². The third-order valence-corrected chi connectivity index (χ3v) is 19.1. The third kappa shape index (κ3) is 13.5. The number of halogens is 6. The van der Waals surface area contributed by atoms with E-state index in [-0.39, 0.29) is 17.8 Å². The fourth-order valence-corrected chi connectivity index (χ4v) is 13.8. The van der Waals surface area contributed by atoms with Crippen LogP contribution in [0.4, 0.5) is 17.5 Å². The minimum Gasteiger partial charge on any atom is -0.493 e. The Bertz CT molecular complexity index is 4280. The molecule has 93 heavy (non-hydrogen) atoms. The zero-order valence-electron chi connectivity index (χ0n) is 53.3. The Kier molecular flexibility index (Phi) is 21.0. The Morgan fingerprint density at radius 3 is 0.903 bits per heavy atom. The SMILES string of the molecule is CCOc1c(C(C)c2nc(Br)c3c(N)nccn23)cc(Cl)c(C)c1-c1ccc(C)nc1.CCOc1c([C@@H](C)c2nc(Br)c3c(N)nccn23)cc(Cl)c(C)c1-c1ccc(C)nc1.CCOc1c([C@H](C)c2nc(Br)c3c(N)nccn23)cc(Cl)c(C)c1-c1ccc(C)nc1. The number of pyridine rings is 3. The van der Waals surface area contributed by atoms with Crippen LogP contribution in [0, 0.1) is 41.5 Å². The predicted molar refractivity (Wildman–Crippen MR) is 384 cm³/mol. The summed E-state index contributed by atoms with van der Waals surface area (Å²) < 4.78 is 26.4. The second kappa shape index (κ2) is 28.7. The predicted octanol–water partition coefficient (Wildman–Crippen LogP) is 17.9. The molecule has 9 heterocycles. The van der Waals surface area contributed by atoms with E-state index in [4.69, 9.17) is 81.2 Å². The number of hydrogen-bond acceptors (Lipinski definition) is 15. The summed E-state index contributed by atoms with van der Waals surface area (Å²) in [5.41, 5.74) is 34.8. The molecule has 3 atom stereocenters. The number of aromatic nitrogens is 12. The highest BCUT2D eigenvalue weighted by Gasteiger charge is 2.30. The first-order valence-corrected chi connectivity index (χ1v) is 33.5. The van der Waals surface area contributed by atoms with E-state index in [1.165, 1.54) is 0 Å². The summed E-state index contributed by atoms with van der Waals surface area (Å²) in [7, 11) is 0. The number of nitrogen functional groups attached to an aromatic ring is 3. The van der Waals surface area contributed by atoms with Crippen molar-refractivity contribution in [2.75, 3.05) is 37.0 Å². The van der Waals surface area contributed by atoms with E-state index in [9.17, 15) is 0 Å². The molecule has 0 saturated carbocycles. The molecule has 0 aliphatic rings. The fourth-order valence-electron chi connectivity index (χ4n) is 11.4. The largest absolute Gasteiger partial charge is 0.493 e. The molecule has 9 aromatic heterocycles. The lowest BCUT2D eigenvalue weighted by molar-refractivity contribution is 0.336. The Balaban J connectivity index is 0.000000153. The van der Waals surface area contributed by atoms with E-state index in [2.05, 4.69) is 98.5 Å². The first-order valence-electron chi connectivity index (χ1n) is 30.0. The van der Waals surface area contributed by atoms with Crippen molar-refractivity contribution in [2.24, 2.45) is 0 Å². The van der Waals surface area contributed by atoms with Crippen LogP contribution in [-0.4, -0.2) is 77.9 Å². The molecule has 6 N–H and O–H groups in total. The number of rotatable bonds is 15. The maximum absolute atomic E-state index is 6.71. The molecule has 12 rings (SSSR count). The van der Waals surface area contributed by atoms with Gasteiger partial charge in [0.05, 0.1) is 19.8 Å². The lowest BCUT2D eigenvalue weighted by Crippen LogP contribution is -2.08. The zero-order chi connectivity index (χ0) is 66.9. The molecular weight excluding hydrogens is 1430 g/mol. The number of fused-ring (bicyclic) bond motifs is 3. The standard InChI is InChI=1S/3C23H23BrClN5O/c3*1-5-31-20-16(10-17(25)14(4)18(20)15-7-6-12(2)28-11-15)13(3)23-29-21(24)19-22(26)27-8-9-30(19)23/h3*6-11,13H,5H2,1-4H3,(H2,26,27)/t2*13-;/m10./s1. The molecule has 480 valence electrons. The normalized spacial score (nSPS) is 12.3. The van der Waals surface area contributed by atoms with E-state index in [0.717, 1.165) is 135 Å². The molecule has 3 aromatic carbocycles. The van der Waals surface area contributed by atoms with Crippen LogP contribution in [-0.2, 0) is 0 Å². The number of nitrogens with zero attached hydrogens (tertiary/aromatic N) is 12. The number of imidazole rings is 3. The van der Waals surface area contributed by atoms with Crippen LogP contribution in [0.2, 0.25) is 15.1 Å². The lowest BCUT2D eigenvalue weighted by atomic mass is 9.91. The van der Waals surface area contributed by atoms with Gasteiger partial charge in [0.2, 0.25) is 0 Å². The fraction of sp³-hybridized carbons (Fsp3) is 0.261. The maximum atomic E-state index is 6.71. The molecule has 0 saturated heterocycles. The molecule has 1 unspecified atom stereocenters. The second-order valence-corrected chi connectivity index (χ2v) is 25.7. The number of benzene rings is 3. The number of nitrogens with two attached hydrogens (primary N) is 3. The van der Waals surface area contributed by atoms with E-state index in [1.807, 2.05) is 167 Å². The summed E-state index contributed by atoms with van der Waals surface area (Å²) in [5, 5.41) is 2.01. The van der Waals surface area contributed by atoms with Gasteiger partial charge < -0.3 is 31.4 Å². The molecule has 0 bridgehead atoms. The van der Waals surface area contributed by atoms with Crippen LogP contribution in [0.15, 0.2) is 124 Å². The first kappa shape index (κ1) is 68.0. The molecule has 0 amide bonds. The van der Waals surface area contributed by atoms with Crippen LogP contribution in [0.3, 0.4) is 0 Å². The quantitative estimate of drug-likeness (QED) is 0.0866. The molecule has 0 spiro atoms. The van der Waals surface area contributed by atoms with Gasteiger partial charge in [-0.1, -0.05) is 73.8 Å². The molecule has 0 aliphatic heterocycles. The Hall–Kier alpha value is -7.92. The van der Waals surface area contributed by atoms with E-state index >= 15 is 0 Å². The molecule has 0 radical (unpaired) electrons. The smallest absolute Gasteiger partial charge is 0.150 e. The van der Waals surface area contributed by atoms with Crippen molar-refractivity contribution in [2.45, 2.75) is 101 Å². The minimum absolute atomic E-state index is 0.127. The number of hydrogen-bond donors (Lipinski definition) is 3. The Morgan fingerprint density at radius 1 is 0.419 bits per heavy atom. The molecule has 0 fully saturated rings. The highest BCUT2D eigenvalue weighted by atomic mass is 79.9. The van der Waals surface area contributed by atoms with Crippen molar-refractivity contribution >= 4 is 117 Å². The van der Waals surface area contributed by atoms with Crippen molar-refractivity contribution in [1.82, 2.24) is 58.1 Å². The van der Waals surface area contributed by atoms with Crippen molar-refractivity contribution in [3.05, 3.63) is 207 Å². The van der Waals surface area contributed by atoms with E-state index in [1.54, 1.807) is 18.6 Å². The van der Waals surface area contributed by atoms with E-state index < -0.39 is 0 Å². The molecule has 12 aromatic rings. The number of anilines is 3. The summed E-state index contributed by atoms with van der Waals surface area (Å²) in [6, 6.07) is 18.0. The average Bonchev–Trinajstić information content (AvgIpc) is 1.76. The van der Waals surface area contributed by atoms with Crippen LogP contribution < -0.4 is 31.4 Å². The van der Waals surface area contributed by atoms with Gasteiger partial charge in [0.25, 0.3) is 0 Å². The van der Waals surface area contributed by atoms with Gasteiger partial charge in [-0.15, -0.1) is 0 Å². The monoisotopic (exact) mass is 1500 g/mol. The van der Waals surface area contributed by atoms with Gasteiger partial charge >= 0.3 is 0 Å². The van der Waals surface area contributed by atoms with Crippen molar-refractivity contribution in [1.29, 1.82) is 0 Å². The highest BCUT2D eigenvalue weighted by molar-refractivity contribution is 9.11. The van der Waals surface area contributed by atoms with Gasteiger partial charge in [-0.3, -0.25) is 28.2 Å². The molecular formula is C69H69Br3Cl3N15O3. The first-order chi connectivity index (χ1) is 44.5. The van der Waals surface area contributed by atoms with Crippen LogP contribution in [0.25, 0.3) is 49.9 Å². The summed E-state index contributed by atoms with van der Waals surface area (Å²) in [6.45, 7) is 25.6. The topological polar surface area (TPSA) is 235 Å². The van der Waals surface area contributed by atoms with Crippen LogP contribution >= 0.6 is 82.6 Å². The van der Waals surface area contributed by atoms with Crippen molar-refractivity contribution in [3.8, 4) is 50.6 Å². The summed E-state index contributed by atoms with van der Waals surface area (Å²) >= 11 is 30.7. The maximum Gasteiger partial charge on any atom is 0.150 e. The van der Waals surface area contributed by atoms with Crippen LogP contribution in [0.1, 0.15) is 127 Å². The molecule has 0 aliphatic carbocycles. The number of aryl methyl sites for hydroxylation is 3. The van der Waals surface area contributed by atoms with Gasteiger partial charge in [-0.05, 0) is 163 Å². The summed E-state index contributed by atoms with van der Waals surface area (Å²) in [6.07, 6.45) is 16.2. The number of ether oxygens (including phenoxy) is 3. The second-order valence-electron chi connectivity index (χ2n) is 22.2. The molecule has 24 heteroatoms. The van der Waals surface area contributed by atoms with Gasteiger partial charge in [-0.2, -0.15) is 0 Å². The van der Waals surface area contributed by atoms with Gasteiger partial charge in [0.15, 0.2) is 17.5 Å². The zero-order valence-corrected chi connectivity index (χ0v) is 60.4. The van der Waals surface area contributed by atoms with Gasteiger partial charge in [0, 0.05) is 156 Å². The molecule has 18 nitrogen and oxygen atoms in total. The Morgan fingerprint density at radius 2 is 0.677 bits per heavy atom. The van der Waals surface area contributed by atoms with Crippen molar-refractivity contribution in [3.63, 3.8) is 0 Å². The van der Waals surface area contributed by atoms with Gasteiger partial charge in [0.1, 0.15) is 65.1 Å². The third-order valence-electron chi connectivity index (χ3n) is 16.2. The van der Waals surface area contributed by atoms with E-state index in [0.29, 0.717) is 66.2 Å². The highest BCUT2D eigenvalue weighted by Crippen LogP contribution is 2.48. The average molecular weight is 1500 g/mol. The van der Waals surface area contributed by atoms with Gasteiger partial charge in [-0.25, -0.2) is 29.9 Å². The lowest BCUT2D eigenvalue weighted by Gasteiger charge is -2.22. The summed E-state index contributed by atoms with van der Waals surface area (Å²) in [5.74, 6) is 5.66. The summed E-state index contributed by atoms with van der Waals surface area (Å²) in [4.78, 5) is 40.2.